The smallest absolute Gasteiger partial charge is 0.126 e. The van der Waals surface area contributed by atoms with E-state index >= 15 is 0 Å². The van der Waals surface area contributed by atoms with E-state index in [9.17, 15) is 4.39 Å². The number of nitrogens with zero attached hydrogens (tertiary/aromatic N) is 1. The molecule has 1 fully saturated rings. The van der Waals surface area contributed by atoms with Crippen molar-refractivity contribution in [3.05, 3.63) is 28.5 Å². The fourth-order valence-electron chi connectivity index (χ4n) is 2.11. The van der Waals surface area contributed by atoms with Gasteiger partial charge in [-0.15, -0.1) is 0 Å². The number of rotatable bonds is 1. The van der Waals surface area contributed by atoms with E-state index in [1.807, 2.05) is 19.9 Å². The van der Waals surface area contributed by atoms with Crippen LogP contribution in [0.5, 0.6) is 0 Å². The zero-order valence-corrected chi connectivity index (χ0v) is 11.0. The summed E-state index contributed by atoms with van der Waals surface area (Å²) in [5.41, 5.74) is 0.911. The van der Waals surface area contributed by atoms with Crippen molar-refractivity contribution in [2.45, 2.75) is 26.1 Å². The first-order valence-corrected chi connectivity index (χ1v) is 6.20. The van der Waals surface area contributed by atoms with Crippen molar-refractivity contribution in [2.24, 2.45) is 0 Å². The molecule has 0 aromatic heterocycles. The van der Waals surface area contributed by atoms with Crippen LogP contribution in [0.15, 0.2) is 22.7 Å². The molecule has 0 bridgehead atoms. The standard InChI is InChI=1S/C12H15BrFNO/c1-8-6-15(7-9(2)16-8)12-4-10(13)3-11(14)5-12/h3-5,8-9H,6-7H2,1-2H3. The number of morpholine rings is 1. The molecular weight excluding hydrogens is 273 g/mol. The third-order valence-electron chi connectivity index (χ3n) is 2.63. The van der Waals surface area contributed by atoms with Crippen LogP contribution in [0.3, 0.4) is 0 Å². The Hall–Kier alpha value is -0.610. The van der Waals surface area contributed by atoms with E-state index in [0.29, 0.717) is 0 Å². The quantitative estimate of drug-likeness (QED) is 0.787. The third kappa shape index (κ3) is 2.74. The van der Waals surface area contributed by atoms with E-state index in [0.717, 1.165) is 23.2 Å². The van der Waals surface area contributed by atoms with Crippen LogP contribution in [0.4, 0.5) is 10.1 Å². The summed E-state index contributed by atoms with van der Waals surface area (Å²) in [5, 5.41) is 0. The maximum absolute atomic E-state index is 13.3. The molecule has 1 aromatic carbocycles. The summed E-state index contributed by atoms with van der Waals surface area (Å²) in [6.07, 6.45) is 0.372. The van der Waals surface area contributed by atoms with Crippen molar-refractivity contribution in [3.8, 4) is 0 Å². The molecule has 16 heavy (non-hydrogen) atoms. The molecule has 0 saturated carbocycles. The normalized spacial score (nSPS) is 25.9. The van der Waals surface area contributed by atoms with Gasteiger partial charge in [-0.05, 0) is 32.0 Å². The van der Waals surface area contributed by atoms with Crippen LogP contribution in [0.1, 0.15) is 13.8 Å². The van der Waals surface area contributed by atoms with Crippen molar-refractivity contribution in [1.29, 1.82) is 0 Å². The molecule has 1 heterocycles. The number of anilines is 1. The van der Waals surface area contributed by atoms with E-state index < -0.39 is 0 Å². The number of hydrogen-bond acceptors (Lipinski definition) is 2. The lowest BCUT2D eigenvalue weighted by Crippen LogP contribution is -2.45. The molecular formula is C12H15BrFNO. The van der Waals surface area contributed by atoms with Crippen molar-refractivity contribution >= 4 is 21.6 Å². The highest BCUT2D eigenvalue weighted by molar-refractivity contribution is 9.10. The van der Waals surface area contributed by atoms with Crippen LogP contribution >= 0.6 is 15.9 Å². The average molecular weight is 288 g/mol. The molecule has 2 unspecified atom stereocenters. The Balaban J connectivity index is 2.22. The second-order valence-corrected chi connectivity index (χ2v) is 5.21. The first-order valence-electron chi connectivity index (χ1n) is 5.41. The number of halogens is 2. The van der Waals surface area contributed by atoms with Gasteiger partial charge in [0, 0.05) is 23.2 Å². The summed E-state index contributed by atoms with van der Waals surface area (Å²) < 4.78 is 19.7. The van der Waals surface area contributed by atoms with E-state index in [1.165, 1.54) is 6.07 Å². The lowest BCUT2D eigenvalue weighted by molar-refractivity contribution is -0.00523. The Bertz CT molecular complexity index is 355. The Kier molecular flexibility index (Phi) is 3.50. The summed E-state index contributed by atoms with van der Waals surface area (Å²) in [7, 11) is 0. The van der Waals surface area contributed by atoms with Crippen LogP contribution in [0, 0.1) is 5.82 Å². The molecule has 1 aliphatic rings. The molecule has 4 heteroatoms. The first-order chi connectivity index (χ1) is 7.54. The van der Waals surface area contributed by atoms with E-state index in [4.69, 9.17) is 4.74 Å². The lowest BCUT2D eigenvalue weighted by Gasteiger charge is -2.36. The minimum atomic E-state index is -0.212. The minimum Gasteiger partial charge on any atom is -0.372 e. The van der Waals surface area contributed by atoms with Gasteiger partial charge in [0.1, 0.15) is 5.82 Å². The van der Waals surface area contributed by atoms with Crippen molar-refractivity contribution in [3.63, 3.8) is 0 Å². The Morgan fingerprint density at radius 1 is 1.25 bits per heavy atom. The highest BCUT2D eigenvalue weighted by Gasteiger charge is 2.22. The zero-order chi connectivity index (χ0) is 11.7. The molecule has 2 nitrogen and oxygen atoms in total. The van der Waals surface area contributed by atoms with Crippen LogP contribution in [0.2, 0.25) is 0 Å². The summed E-state index contributed by atoms with van der Waals surface area (Å²) in [5.74, 6) is -0.212. The molecule has 88 valence electrons. The molecule has 1 aromatic rings. The number of ether oxygens (including phenoxy) is 1. The SMILES string of the molecule is CC1CN(c2cc(F)cc(Br)c2)CC(C)O1. The fraction of sp³-hybridized carbons (Fsp3) is 0.500. The molecule has 0 amide bonds. The Morgan fingerprint density at radius 3 is 2.44 bits per heavy atom. The second kappa shape index (κ2) is 4.72. The van der Waals surface area contributed by atoms with E-state index in [-0.39, 0.29) is 18.0 Å². The largest absolute Gasteiger partial charge is 0.372 e. The Morgan fingerprint density at radius 2 is 1.88 bits per heavy atom. The molecule has 1 saturated heterocycles. The topological polar surface area (TPSA) is 12.5 Å². The molecule has 0 radical (unpaired) electrons. The van der Waals surface area contributed by atoms with Gasteiger partial charge < -0.3 is 9.64 Å². The van der Waals surface area contributed by atoms with E-state index in [1.54, 1.807) is 6.07 Å². The van der Waals surface area contributed by atoms with Gasteiger partial charge in [0.25, 0.3) is 0 Å². The molecule has 0 aliphatic carbocycles. The maximum atomic E-state index is 13.3. The van der Waals surface area contributed by atoms with Gasteiger partial charge in [-0.1, -0.05) is 15.9 Å². The summed E-state index contributed by atoms with van der Waals surface area (Å²) in [6, 6.07) is 4.97. The lowest BCUT2D eigenvalue weighted by atomic mass is 10.2. The highest BCUT2D eigenvalue weighted by Crippen LogP contribution is 2.25. The highest BCUT2D eigenvalue weighted by atomic mass is 79.9. The zero-order valence-electron chi connectivity index (χ0n) is 9.41. The minimum absolute atomic E-state index is 0.186. The van der Waals surface area contributed by atoms with Crippen molar-refractivity contribution < 1.29 is 9.13 Å². The summed E-state index contributed by atoms with van der Waals surface area (Å²) in [6.45, 7) is 5.69. The van der Waals surface area contributed by atoms with Gasteiger partial charge in [0.2, 0.25) is 0 Å². The van der Waals surface area contributed by atoms with Crippen LogP contribution in [-0.2, 0) is 4.74 Å². The van der Waals surface area contributed by atoms with Gasteiger partial charge in [0.15, 0.2) is 0 Å². The van der Waals surface area contributed by atoms with Crippen LogP contribution in [0.25, 0.3) is 0 Å². The summed E-state index contributed by atoms with van der Waals surface area (Å²) >= 11 is 3.31. The molecule has 0 N–H and O–H groups in total. The van der Waals surface area contributed by atoms with Crippen LogP contribution in [-0.4, -0.2) is 25.3 Å². The van der Waals surface area contributed by atoms with Crippen molar-refractivity contribution in [2.75, 3.05) is 18.0 Å². The van der Waals surface area contributed by atoms with Crippen molar-refractivity contribution in [1.82, 2.24) is 0 Å². The predicted molar refractivity (Wildman–Crippen MR) is 66.3 cm³/mol. The van der Waals surface area contributed by atoms with Gasteiger partial charge in [-0.25, -0.2) is 4.39 Å². The first kappa shape index (κ1) is 11.9. The van der Waals surface area contributed by atoms with Gasteiger partial charge in [-0.3, -0.25) is 0 Å². The molecule has 0 spiro atoms. The number of benzene rings is 1. The third-order valence-corrected chi connectivity index (χ3v) is 3.09. The van der Waals surface area contributed by atoms with Gasteiger partial charge in [0.05, 0.1) is 12.2 Å². The maximum Gasteiger partial charge on any atom is 0.126 e. The summed E-state index contributed by atoms with van der Waals surface area (Å²) in [4.78, 5) is 2.16. The average Bonchev–Trinajstić information content (AvgIpc) is 2.14. The predicted octanol–water partition coefficient (Wildman–Crippen LogP) is 3.20. The van der Waals surface area contributed by atoms with E-state index in [2.05, 4.69) is 20.8 Å². The van der Waals surface area contributed by atoms with Crippen LogP contribution < -0.4 is 4.90 Å². The molecule has 1 aliphatic heterocycles. The van der Waals surface area contributed by atoms with Gasteiger partial charge in [-0.2, -0.15) is 0 Å². The molecule has 2 rings (SSSR count). The Labute approximate surface area is 104 Å². The molecule has 2 atom stereocenters. The number of hydrogen-bond donors (Lipinski definition) is 0. The van der Waals surface area contributed by atoms with Gasteiger partial charge >= 0.3 is 0 Å². The second-order valence-electron chi connectivity index (χ2n) is 4.29. The monoisotopic (exact) mass is 287 g/mol. The fourth-order valence-corrected chi connectivity index (χ4v) is 2.56.